The number of nitrogens with one attached hydrogen (secondary N) is 1. The monoisotopic (exact) mass is 408 g/mol. The van der Waals surface area contributed by atoms with Gasteiger partial charge in [-0.3, -0.25) is 4.79 Å². The Balaban J connectivity index is 1.54. The van der Waals surface area contributed by atoms with Crippen LogP contribution in [0, 0.1) is 6.92 Å². The molecule has 0 saturated heterocycles. The van der Waals surface area contributed by atoms with Gasteiger partial charge in [0.05, 0.1) is 0 Å². The number of thioether (sulfide) groups is 1. The second-order valence-corrected chi connectivity index (χ2v) is 8.25. The largest absolute Gasteiger partial charge is 0.330 e. The summed E-state index contributed by atoms with van der Waals surface area (Å²) in [5, 5.41) is 15.9. The van der Waals surface area contributed by atoms with E-state index in [2.05, 4.69) is 25.6 Å². The molecule has 0 bridgehead atoms. The quantitative estimate of drug-likeness (QED) is 0.359. The summed E-state index contributed by atoms with van der Waals surface area (Å²) in [5.41, 5.74) is 2.71. The number of aromatic nitrogens is 5. The molecule has 4 aromatic rings. The summed E-state index contributed by atoms with van der Waals surface area (Å²) in [6, 6.07) is 17.1. The summed E-state index contributed by atoms with van der Waals surface area (Å²) in [4.78, 5) is 17.0. The van der Waals surface area contributed by atoms with Crippen molar-refractivity contribution in [2.24, 2.45) is 0 Å². The molecule has 9 heteroatoms. The lowest BCUT2D eigenvalue weighted by Gasteiger charge is -2.13. The zero-order chi connectivity index (χ0) is 19.3. The minimum Gasteiger partial charge on any atom is -0.330 e. The first kappa shape index (κ1) is 18.3. The lowest BCUT2D eigenvalue weighted by atomic mass is 10.1. The highest BCUT2D eigenvalue weighted by Crippen LogP contribution is 2.36. The topological polar surface area (TPSA) is 85.6 Å². The molecule has 0 radical (unpaired) electrons. The highest BCUT2D eigenvalue weighted by Gasteiger charge is 2.25. The zero-order valence-corrected chi connectivity index (χ0v) is 16.5. The van der Waals surface area contributed by atoms with E-state index in [9.17, 15) is 4.79 Å². The van der Waals surface area contributed by atoms with Crippen LogP contribution in [0.5, 0.6) is 0 Å². The van der Waals surface area contributed by atoms with Gasteiger partial charge in [0.25, 0.3) is 0 Å². The van der Waals surface area contributed by atoms with E-state index in [1.165, 1.54) is 40.4 Å². The van der Waals surface area contributed by atoms with E-state index in [-0.39, 0.29) is 5.78 Å². The lowest BCUT2D eigenvalue weighted by molar-refractivity contribution is 0.0962. The maximum Gasteiger partial charge on any atom is 0.210 e. The minimum atomic E-state index is -0.607. The molecule has 0 fully saturated rings. The number of carbonyl (C=O) groups excluding carboxylic acids is 1. The fourth-order valence-electron chi connectivity index (χ4n) is 2.56. The van der Waals surface area contributed by atoms with Crippen molar-refractivity contribution in [2.75, 3.05) is 5.32 Å². The van der Waals surface area contributed by atoms with Gasteiger partial charge in [-0.1, -0.05) is 65.6 Å². The van der Waals surface area contributed by atoms with Crippen LogP contribution in [0.25, 0.3) is 0 Å². The van der Waals surface area contributed by atoms with E-state index in [0.29, 0.717) is 15.0 Å². The Morgan fingerprint density at radius 3 is 2.75 bits per heavy atom. The number of benzene rings is 2. The van der Waals surface area contributed by atoms with Gasteiger partial charge in [-0.25, -0.2) is 9.67 Å². The summed E-state index contributed by atoms with van der Waals surface area (Å²) in [6.45, 7) is 2.03. The Bertz CT molecular complexity index is 1060. The molecule has 1 unspecified atom stereocenters. The van der Waals surface area contributed by atoms with Crippen molar-refractivity contribution in [3.8, 4) is 0 Å². The van der Waals surface area contributed by atoms with Gasteiger partial charge in [-0.2, -0.15) is 5.10 Å². The maximum absolute atomic E-state index is 13.0. The minimum absolute atomic E-state index is 0.0699. The van der Waals surface area contributed by atoms with E-state index in [1.807, 2.05) is 49.4 Å². The molecular weight excluding hydrogens is 392 g/mol. The average Bonchev–Trinajstić information content (AvgIpc) is 3.38. The Kier molecular flexibility index (Phi) is 5.45. The van der Waals surface area contributed by atoms with Gasteiger partial charge in [0, 0.05) is 11.3 Å². The number of nitrogens with zero attached hydrogens (tertiary/aromatic N) is 5. The summed E-state index contributed by atoms with van der Waals surface area (Å²) < 4.78 is 2.20. The number of anilines is 2. The molecule has 140 valence electrons. The number of aryl methyl sites for hydroxylation is 1. The number of Topliss-reactive ketones (excluding diaryl/α,β-unsaturated/α-hetero) is 1. The van der Waals surface area contributed by atoms with Crippen LogP contribution in [0.1, 0.15) is 21.3 Å². The summed E-state index contributed by atoms with van der Waals surface area (Å²) >= 11 is 2.69. The van der Waals surface area contributed by atoms with Crippen LogP contribution in [0.2, 0.25) is 0 Å². The Morgan fingerprint density at radius 2 is 2.00 bits per heavy atom. The van der Waals surface area contributed by atoms with E-state index < -0.39 is 5.37 Å². The molecule has 1 atom stereocenters. The molecular formula is C19H16N6OS2. The number of hydrogen-bond donors (Lipinski definition) is 1. The smallest absolute Gasteiger partial charge is 0.210 e. The average molecular weight is 409 g/mol. The molecule has 0 amide bonds. The van der Waals surface area contributed by atoms with Crippen molar-refractivity contribution in [3.63, 3.8) is 0 Å². The third kappa shape index (κ3) is 4.26. The van der Waals surface area contributed by atoms with Crippen molar-refractivity contribution in [2.45, 2.75) is 16.6 Å². The van der Waals surface area contributed by atoms with E-state index >= 15 is 0 Å². The van der Waals surface area contributed by atoms with Gasteiger partial charge in [-0.05, 0) is 24.6 Å². The van der Waals surface area contributed by atoms with Crippen molar-refractivity contribution in [3.05, 3.63) is 78.4 Å². The van der Waals surface area contributed by atoms with Crippen LogP contribution in [0.15, 0.2) is 71.6 Å². The molecule has 0 aliphatic carbocycles. The summed E-state index contributed by atoms with van der Waals surface area (Å²) in [7, 11) is 0. The third-order valence-electron chi connectivity index (χ3n) is 3.85. The predicted octanol–water partition coefficient (Wildman–Crippen LogP) is 4.36. The molecule has 0 aliphatic rings. The molecule has 0 saturated carbocycles. The van der Waals surface area contributed by atoms with Crippen molar-refractivity contribution >= 4 is 39.7 Å². The van der Waals surface area contributed by atoms with Crippen LogP contribution in [0.4, 0.5) is 10.8 Å². The van der Waals surface area contributed by atoms with Crippen molar-refractivity contribution in [1.82, 2.24) is 25.0 Å². The molecule has 0 aliphatic heterocycles. The van der Waals surface area contributed by atoms with E-state index in [1.54, 1.807) is 12.1 Å². The van der Waals surface area contributed by atoms with Crippen LogP contribution in [-0.2, 0) is 0 Å². The molecule has 7 nitrogen and oxygen atoms in total. The molecule has 0 spiro atoms. The first-order valence-electron chi connectivity index (χ1n) is 8.46. The number of carbonyl (C=O) groups is 1. The second kappa shape index (κ2) is 8.32. The first-order chi connectivity index (χ1) is 13.7. The number of ketones is 1. The van der Waals surface area contributed by atoms with E-state index in [4.69, 9.17) is 0 Å². The maximum atomic E-state index is 13.0. The Labute approximate surface area is 169 Å². The number of hydrogen-bond acceptors (Lipinski definition) is 8. The van der Waals surface area contributed by atoms with Gasteiger partial charge in [0.1, 0.15) is 12.7 Å². The third-order valence-corrected chi connectivity index (χ3v) is 5.96. The fourth-order valence-corrected chi connectivity index (χ4v) is 4.50. The standard InChI is InChI=1S/C19H16N6OS2/c1-13-6-5-9-15(10-13)22-18-23-24-19(28-18)27-17(25-12-20-11-21-25)16(26)14-7-3-2-4-8-14/h2-12,17H,1H3,(H,22,23). The summed E-state index contributed by atoms with van der Waals surface area (Å²) in [5.74, 6) is -0.0699. The molecule has 2 heterocycles. The van der Waals surface area contributed by atoms with Crippen molar-refractivity contribution in [1.29, 1.82) is 0 Å². The molecule has 4 rings (SSSR count). The first-order valence-corrected chi connectivity index (χ1v) is 10.2. The molecule has 28 heavy (non-hydrogen) atoms. The molecule has 1 N–H and O–H groups in total. The van der Waals surface area contributed by atoms with Gasteiger partial charge < -0.3 is 5.32 Å². The highest BCUT2D eigenvalue weighted by molar-refractivity contribution is 8.01. The van der Waals surface area contributed by atoms with Crippen LogP contribution in [0.3, 0.4) is 0 Å². The van der Waals surface area contributed by atoms with Gasteiger partial charge in [-0.15, -0.1) is 10.2 Å². The second-order valence-electron chi connectivity index (χ2n) is 5.94. The van der Waals surface area contributed by atoms with Gasteiger partial charge in [0.2, 0.25) is 5.13 Å². The van der Waals surface area contributed by atoms with Gasteiger partial charge in [0.15, 0.2) is 15.5 Å². The Hall–Kier alpha value is -3.04. The Morgan fingerprint density at radius 1 is 1.14 bits per heavy atom. The highest BCUT2D eigenvalue weighted by atomic mass is 32.2. The SMILES string of the molecule is Cc1cccc(Nc2nnc(SC(C(=O)c3ccccc3)n3cncn3)s2)c1. The summed E-state index contributed by atoms with van der Waals surface area (Å²) in [6.07, 6.45) is 2.95. The van der Waals surface area contributed by atoms with Crippen LogP contribution < -0.4 is 5.32 Å². The van der Waals surface area contributed by atoms with Crippen LogP contribution >= 0.6 is 23.1 Å². The molecule has 2 aromatic heterocycles. The lowest BCUT2D eigenvalue weighted by Crippen LogP contribution is -2.17. The van der Waals surface area contributed by atoms with Crippen LogP contribution in [-0.4, -0.2) is 30.7 Å². The fraction of sp³-hybridized carbons (Fsp3) is 0.105. The van der Waals surface area contributed by atoms with Crippen molar-refractivity contribution < 1.29 is 4.79 Å². The normalized spacial score (nSPS) is 11.9. The predicted molar refractivity (Wildman–Crippen MR) is 110 cm³/mol. The molecule has 2 aromatic carbocycles. The van der Waals surface area contributed by atoms with E-state index in [0.717, 1.165) is 11.3 Å². The zero-order valence-electron chi connectivity index (χ0n) is 14.9. The van der Waals surface area contributed by atoms with Gasteiger partial charge >= 0.3 is 0 Å². The number of rotatable bonds is 7.